The van der Waals surface area contributed by atoms with E-state index in [4.69, 9.17) is 10.3 Å². The number of nitrogens with zero attached hydrogens (tertiary/aromatic N) is 3. The van der Waals surface area contributed by atoms with Gasteiger partial charge in [0.2, 0.25) is 5.89 Å². The van der Waals surface area contributed by atoms with Gasteiger partial charge in [0.1, 0.15) is 0 Å². The summed E-state index contributed by atoms with van der Waals surface area (Å²) in [6, 6.07) is 9.88. The third kappa shape index (κ3) is 2.99. The standard InChI is InChI=1S/C15H20N4O/c16-13(11-12-7-3-1-4-8-12)14-17-15(18-20-14)19-9-5-2-6-10-19/h1,3-4,7-8,13H,2,5-6,9-11,16H2/t13-/m1/s1. The topological polar surface area (TPSA) is 68.2 Å². The van der Waals surface area contributed by atoms with Crippen LogP contribution in [0.5, 0.6) is 0 Å². The van der Waals surface area contributed by atoms with Crippen LogP contribution in [0.4, 0.5) is 5.95 Å². The van der Waals surface area contributed by atoms with Crippen molar-refractivity contribution in [1.82, 2.24) is 10.1 Å². The predicted octanol–water partition coefficient (Wildman–Crippen LogP) is 2.30. The number of hydrogen-bond donors (Lipinski definition) is 1. The van der Waals surface area contributed by atoms with Crippen molar-refractivity contribution in [2.75, 3.05) is 18.0 Å². The number of benzene rings is 1. The Hall–Kier alpha value is -1.88. The summed E-state index contributed by atoms with van der Waals surface area (Å²) in [5.74, 6) is 1.21. The normalized spacial score (nSPS) is 17.1. The van der Waals surface area contributed by atoms with Crippen LogP contribution in [0.1, 0.15) is 36.8 Å². The second-order valence-corrected chi connectivity index (χ2v) is 5.28. The van der Waals surface area contributed by atoms with E-state index in [1.54, 1.807) is 0 Å². The largest absolute Gasteiger partial charge is 0.338 e. The van der Waals surface area contributed by atoms with Gasteiger partial charge in [0.15, 0.2) is 0 Å². The van der Waals surface area contributed by atoms with Crippen LogP contribution >= 0.6 is 0 Å². The van der Waals surface area contributed by atoms with Crippen LogP contribution in [-0.2, 0) is 6.42 Å². The Balaban J connectivity index is 1.66. The zero-order valence-electron chi connectivity index (χ0n) is 11.5. The third-order valence-electron chi connectivity index (χ3n) is 3.69. The molecule has 0 radical (unpaired) electrons. The first-order valence-corrected chi connectivity index (χ1v) is 7.21. The average Bonchev–Trinajstić information content (AvgIpc) is 2.99. The van der Waals surface area contributed by atoms with E-state index in [9.17, 15) is 0 Å². The fraction of sp³-hybridized carbons (Fsp3) is 0.467. The van der Waals surface area contributed by atoms with Gasteiger partial charge in [-0.25, -0.2) is 0 Å². The number of piperidine rings is 1. The lowest BCUT2D eigenvalue weighted by molar-refractivity contribution is 0.352. The van der Waals surface area contributed by atoms with Crippen LogP contribution < -0.4 is 10.6 Å². The highest BCUT2D eigenvalue weighted by Gasteiger charge is 2.20. The monoisotopic (exact) mass is 272 g/mol. The van der Waals surface area contributed by atoms with Crippen LogP contribution in [0.25, 0.3) is 0 Å². The van der Waals surface area contributed by atoms with E-state index in [1.807, 2.05) is 18.2 Å². The van der Waals surface area contributed by atoms with Gasteiger partial charge in [-0.2, -0.15) is 4.98 Å². The Morgan fingerprint density at radius 1 is 1.15 bits per heavy atom. The Morgan fingerprint density at radius 2 is 1.90 bits per heavy atom. The van der Waals surface area contributed by atoms with Crippen molar-refractivity contribution in [3.63, 3.8) is 0 Å². The van der Waals surface area contributed by atoms with E-state index in [-0.39, 0.29) is 6.04 Å². The lowest BCUT2D eigenvalue weighted by atomic mass is 10.1. The molecule has 1 atom stereocenters. The highest BCUT2D eigenvalue weighted by atomic mass is 16.5. The summed E-state index contributed by atoms with van der Waals surface area (Å²) >= 11 is 0. The van der Waals surface area contributed by atoms with E-state index in [0.717, 1.165) is 13.1 Å². The molecule has 20 heavy (non-hydrogen) atoms. The van der Waals surface area contributed by atoms with Crippen LogP contribution in [0.15, 0.2) is 34.9 Å². The van der Waals surface area contributed by atoms with Gasteiger partial charge in [-0.1, -0.05) is 30.3 Å². The van der Waals surface area contributed by atoms with Crippen molar-refractivity contribution in [2.24, 2.45) is 5.73 Å². The Bertz CT molecular complexity index is 534. The van der Waals surface area contributed by atoms with Crippen molar-refractivity contribution < 1.29 is 4.52 Å². The van der Waals surface area contributed by atoms with Crippen molar-refractivity contribution in [1.29, 1.82) is 0 Å². The quantitative estimate of drug-likeness (QED) is 0.925. The minimum Gasteiger partial charge on any atom is -0.338 e. The molecule has 0 amide bonds. The molecule has 2 heterocycles. The second-order valence-electron chi connectivity index (χ2n) is 5.28. The van der Waals surface area contributed by atoms with Crippen LogP contribution in [0, 0.1) is 0 Å². The molecule has 0 bridgehead atoms. The van der Waals surface area contributed by atoms with Gasteiger partial charge in [-0.3, -0.25) is 0 Å². The van der Waals surface area contributed by atoms with Crippen molar-refractivity contribution in [3.05, 3.63) is 41.8 Å². The van der Waals surface area contributed by atoms with E-state index in [2.05, 4.69) is 27.2 Å². The fourth-order valence-electron chi connectivity index (χ4n) is 2.56. The molecule has 1 aromatic carbocycles. The first kappa shape index (κ1) is 13.1. The average molecular weight is 272 g/mol. The smallest absolute Gasteiger partial charge is 0.266 e. The highest BCUT2D eigenvalue weighted by Crippen LogP contribution is 2.20. The summed E-state index contributed by atoms with van der Waals surface area (Å²) < 4.78 is 5.32. The molecule has 1 aliphatic rings. The maximum absolute atomic E-state index is 6.16. The number of aromatic nitrogens is 2. The number of hydrogen-bond acceptors (Lipinski definition) is 5. The maximum Gasteiger partial charge on any atom is 0.266 e. The minimum atomic E-state index is -0.247. The van der Waals surface area contributed by atoms with Gasteiger partial charge in [0.25, 0.3) is 5.95 Å². The Labute approximate surface area is 118 Å². The number of anilines is 1. The van der Waals surface area contributed by atoms with Crippen LogP contribution in [0.3, 0.4) is 0 Å². The Kier molecular flexibility index (Phi) is 3.97. The second kappa shape index (κ2) is 6.05. The lowest BCUT2D eigenvalue weighted by Gasteiger charge is -2.24. The Morgan fingerprint density at radius 3 is 2.65 bits per heavy atom. The summed E-state index contributed by atoms with van der Waals surface area (Å²) in [6.07, 6.45) is 4.39. The summed E-state index contributed by atoms with van der Waals surface area (Å²) in [5, 5.41) is 4.06. The van der Waals surface area contributed by atoms with Gasteiger partial charge < -0.3 is 15.2 Å². The predicted molar refractivity (Wildman–Crippen MR) is 77.4 cm³/mol. The van der Waals surface area contributed by atoms with E-state index in [1.165, 1.54) is 24.8 Å². The third-order valence-corrected chi connectivity index (χ3v) is 3.69. The van der Waals surface area contributed by atoms with Crippen molar-refractivity contribution in [3.8, 4) is 0 Å². The first-order valence-electron chi connectivity index (χ1n) is 7.21. The minimum absolute atomic E-state index is 0.247. The molecule has 0 aliphatic carbocycles. The van der Waals surface area contributed by atoms with E-state index in [0.29, 0.717) is 18.3 Å². The van der Waals surface area contributed by atoms with Gasteiger partial charge in [-0.05, 0) is 36.4 Å². The molecule has 0 saturated carbocycles. The summed E-state index contributed by atoms with van der Waals surface area (Å²) in [5.41, 5.74) is 7.33. The SMILES string of the molecule is N[C@H](Cc1ccccc1)c1nc(N2CCCCC2)no1. The zero-order valence-corrected chi connectivity index (χ0v) is 11.5. The van der Waals surface area contributed by atoms with Gasteiger partial charge >= 0.3 is 0 Å². The first-order chi connectivity index (χ1) is 9.83. The van der Waals surface area contributed by atoms with Gasteiger partial charge in [-0.15, -0.1) is 0 Å². The molecule has 3 rings (SSSR count). The summed E-state index contributed by atoms with van der Waals surface area (Å²) in [4.78, 5) is 6.63. The van der Waals surface area contributed by atoms with E-state index < -0.39 is 0 Å². The molecule has 0 unspecified atom stereocenters. The molecule has 1 fully saturated rings. The van der Waals surface area contributed by atoms with Crippen LogP contribution in [-0.4, -0.2) is 23.2 Å². The molecule has 1 aromatic heterocycles. The van der Waals surface area contributed by atoms with Gasteiger partial charge in [0.05, 0.1) is 6.04 Å². The maximum atomic E-state index is 6.16. The molecule has 0 spiro atoms. The fourth-order valence-corrected chi connectivity index (χ4v) is 2.56. The molecule has 2 aromatic rings. The molecule has 106 valence electrons. The zero-order chi connectivity index (χ0) is 13.8. The van der Waals surface area contributed by atoms with Crippen molar-refractivity contribution >= 4 is 5.95 Å². The molecule has 2 N–H and O–H groups in total. The van der Waals surface area contributed by atoms with Gasteiger partial charge in [0, 0.05) is 13.1 Å². The molecule has 1 aliphatic heterocycles. The number of nitrogens with two attached hydrogens (primary N) is 1. The molecule has 5 nitrogen and oxygen atoms in total. The number of rotatable bonds is 4. The summed E-state index contributed by atoms with van der Waals surface area (Å²) in [7, 11) is 0. The molecule has 1 saturated heterocycles. The molecular weight excluding hydrogens is 252 g/mol. The highest BCUT2D eigenvalue weighted by molar-refractivity contribution is 5.28. The van der Waals surface area contributed by atoms with Crippen LogP contribution in [0.2, 0.25) is 0 Å². The van der Waals surface area contributed by atoms with E-state index >= 15 is 0 Å². The molecular formula is C15H20N4O. The van der Waals surface area contributed by atoms with Crippen molar-refractivity contribution in [2.45, 2.75) is 31.7 Å². The summed E-state index contributed by atoms with van der Waals surface area (Å²) in [6.45, 7) is 2.01. The molecule has 5 heteroatoms. The lowest BCUT2D eigenvalue weighted by Crippen LogP contribution is -2.30.